The highest BCUT2D eigenvalue weighted by molar-refractivity contribution is 5.15. The largest absolute Gasteiger partial charge is 0.0877 e. The van der Waals surface area contributed by atoms with Gasteiger partial charge in [0.1, 0.15) is 0 Å². The van der Waals surface area contributed by atoms with Gasteiger partial charge in [0.2, 0.25) is 0 Å². The maximum atomic E-state index is 2.28. The molecule has 64 valence electrons. The van der Waals surface area contributed by atoms with Crippen molar-refractivity contribution in [2.45, 2.75) is 41.0 Å². The SMILES string of the molecule is C/C=C\C=C(/C)C(C)(C)CC. The van der Waals surface area contributed by atoms with Crippen molar-refractivity contribution < 1.29 is 0 Å². The average Bonchev–Trinajstić information content (AvgIpc) is 2.00. The monoisotopic (exact) mass is 152 g/mol. The predicted octanol–water partition coefficient (Wildman–Crippen LogP) is 3.95. The zero-order valence-electron chi connectivity index (χ0n) is 8.44. The molecule has 0 saturated heterocycles. The van der Waals surface area contributed by atoms with Crippen molar-refractivity contribution in [1.29, 1.82) is 0 Å². The standard InChI is InChI=1S/C11H20/c1-6-8-9-10(3)11(4,5)7-2/h6,8-9H,7H2,1-5H3/b8-6-,10-9+. The van der Waals surface area contributed by atoms with Crippen LogP contribution in [0.5, 0.6) is 0 Å². The fraction of sp³-hybridized carbons (Fsp3) is 0.636. The number of allylic oxidation sites excluding steroid dienone is 4. The topological polar surface area (TPSA) is 0 Å². The Labute approximate surface area is 71.0 Å². The molecule has 11 heavy (non-hydrogen) atoms. The summed E-state index contributed by atoms with van der Waals surface area (Å²) in [7, 11) is 0. The fourth-order valence-electron chi connectivity index (χ4n) is 0.745. The minimum Gasteiger partial charge on any atom is -0.0877 e. The van der Waals surface area contributed by atoms with Gasteiger partial charge in [-0.15, -0.1) is 0 Å². The lowest BCUT2D eigenvalue weighted by atomic mass is 9.82. The molecule has 0 aliphatic rings. The highest BCUT2D eigenvalue weighted by atomic mass is 14.2. The molecule has 0 amide bonds. The van der Waals surface area contributed by atoms with E-state index in [1.165, 1.54) is 12.0 Å². The predicted molar refractivity (Wildman–Crippen MR) is 52.6 cm³/mol. The van der Waals surface area contributed by atoms with Crippen molar-refractivity contribution in [3.8, 4) is 0 Å². The summed E-state index contributed by atoms with van der Waals surface area (Å²) in [5.74, 6) is 0. The van der Waals surface area contributed by atoms with E-state index < -0.39 is 0 Å². The van der Waals surface area contributed by atoms with Gasteiger partial charge in [-0.25, -0.2) is 0 Å². The molecule has 0 heterocycles. The summed E-state index contributed by atoms with van der Waals surface area (Å²) in [4.78, 5) is 0. The summed E-state index contributed by atoms with van der Waals surface area (Å²) in [6.07, 6.45) is 7.57. The number of hydrogen-bond acceptors (Lipinski definition) is 0. The van der Waals surface area contributed by atoms with Crippen LogP contribution >= 0.6 is 0 Å². The lowest BCUT2D eigenvalue weighted by molar-refractivity contribution is 0.429. The van der Waals surface area contributed by atoms with E-state index in [9.17, 15) is 0 Å². The van der Waals surface area contributed by atoms with E-state index in [1.807, 2.05) is 6.92 Å². The second-order valence-corrected chi connectivity index (χ2v) is 3.61. The quantitative estimate of drug-likeness (QED) is 0.537. The molecule has 0 spiro atoms. The van der Waals surface area contributed by atoms with Crippen molar-refractivity contribution in [3.05, 3.63) is 23.8 Å². The van der Waals surface area contributed by atoms with Gasteiger partial charge < -0.3 is 0 Å². The van der Waals surface area contributed by atoms with Gasteiger partial charge in [0.05, 0.1) is 0 Å². The lowest BCUT2D eigenvalue weighted by Gasteiger charge is -2.23. The summed E-state index contributed by atoms with van der Waals surface area (Å²) in [6.45, 7) is 11.0. The third-order valence-corrected chi connectivity index (χ3v) is 2.49. The van der Waals surface area contributed by atoms with E-state index in [-0.39, 0.29) is 0 Å². The number of rotatable bonds is 3. The molecule has 0 aromatic heterocycles. The normalized spacial score (nSPS) is 14.5. The lowest BCUT2D eigenvalue weighted by Crippen LogP contribution is -2.10. The van der Waals surface area contributed by atoms with Crippen molar-refractivity contribution in [1.82, 2.24) is 0 Å². The Kier molecular flexibility index (Phi) is 4.17. The molecule has 0 bridgehead atoms. The maximum absolute atomic E-state index is 2.28. The second-order valence-electron chi connectivity index (χ2n) is 3.61. The Bertz CT molecular complexity index is 159. The average molecular weight is 152 g/mol. The molecule has 0 aromatic rings. The van der Waals surface area contributed by atoms with Gasteiger partial charge in [-0.3, -0.25) is 0 Å². The van der Waals surface area contributed by atoms with Gasteiger partial charge >= 0.3 is 0 Å². The minimum atomic E-state index is 0.361. The molecule has 0 aliphatic heterocycles. The van der Waals surface area contributed by atoms with Crippen molar-refractivity contribution in [2.24, 2.45) is 5.41 Å². The van der Waals surface area contributed by atoms with E-state index in [1.54, 1.807) is 0 Å². The Morgan fingerprint density at radius 3 is 2.27 bits per heavy atom. The summed E-state index contributed by atoms with van der Waals surface area (Å²) in [5.41, 5.74) is 1.82. The maximum Gasteiger partial charge on any atom is -0.0147 e. The van der Waals surface area contributed by atoms with Gasteiger partial charge in [0.15, 0.2) is 0 Å². The zero-order chi connectivity index (χ0) is 8.91. The van der Waals surface area contributed by atoms with E-state index >= 15 is 0 Å². The molecule has 0 saturated carbocycles. The van der Waals surface area contributed by atoms with Gasteiger partial charge in [-0.2, -0.15) is 0 Å². The fourth-order valence-corrected chi connectivity index (χ4v) is 0.745. The Morgan fingerprint density at radius 2 is 1.91 bits per heavy atom. The Balaban J connectivity index is 4.33. The smallest absolute Gasteiger partial charge is 0.0147 e. The first-order valence-corrected chi connectivity index (χ1v) is 4.34. The van der Waals surface area contributed by atoms with Crippen LogP contribution in [-0.4, -0.2) is 0 Å². The molecule has 0 aromatic carbocycles. The van der Waals surface area contributed by atoms with Crippen LogP contribution in [0.2, 0.25) is 0 Å². The van der Waals surface area contributed by atoms with Crippen LogP contribution in [0.3, 0.4) is 0 Å². The van der Waals surface area contributed by atoms with Crippen LogP contribution in [0.4, 0.5) is 0 Å². The first-order valence-electron chi connectivity index (χ1n) is 4.34. The highest BCUT2D eigenvalue weighted by Crippen LogP contribution is 2.29. The van der Waals surface area contributed by atoms with E-state index in [4.69, 9.17) is 0 Å². The molecule has 0 N–H and O–H groups in total. The van der Waals surface area contributed by atoms with Crippen LogP contribution < -0.4 is 0 Å². The minimum absolute atomic E-state index is 0.361. The van der Waals surface area contributed by atoms with Crippen molar-refractivity contribution in [2.75, 3.05) is 0 Å². The van der Waals surface area contributed by atoms with Gasteiger partial charge in [-0.1, -0.05) is 44.6 Å². The molecular formula is C11H20. The molecule has 0 unspecified atom stereocenters. The van der Waals surface area contributed by atoms with Crippen LogP contribution in [0.25, 0.3) is 0 Å². The first-order chi connectivity index (χ1) is 5.04. The molecule has 0 aliphatic carbocycles. The van der Waals surface area contributed by atoms with E-state index in [0.29, 0.717) is 5.41 Å². The van der Waals surface area contributed by atoms with E-state index in [2.05, 4.69) is 45.9 Å². The summed E-state index contributed by atoms with van der Waals surface area (Å²) >= 11 is 0. The molecule has 0 rings (SSSR count). The number of hydrogen-bond donors (Lipinski definition) is 0. The first kappa shape index (κ1) is 10.5. The van der Waals surface area contributed by atoms with Gasteiger partial charge in [-0.05, 0) is 25.7 Å². The summed E-state index contributed by atoms with van der Waals surface area (Å²) in [5, 5.41) is 0. The molecule has 0 fully saturated rings. The van der Waals surface area contributed by atoms with Crippen LogP contribution in [0, 0.1) is 5.41 Å². The zero-order valence-corrected chi connectivity index (χ0v) is 8.44. The molecule has 0 atom stereocenters. The molecule has 0 radical (unpaired) electrons. The van der Waals surface area contributed by atoms with Crippen LogP contribution in [0.15, 0.2) is 23.8 Å². The van der Waals surface area contributed by atoms with Crippen LogP contribution in [-0.2, 0) is 0 Å². The van der Waals surface area contributed by atoms with Crippen LogP contribution in [0.1, 0.15) is 41.0 Å². The Morgan fingerprint density at radius 1 is 1.36 bits per heavy atom. The molecule has 0 nitrogen and oxygen atoms in total. The highest BCUT2D eigenvalue weighted by Gasteiger charge is 2.15. The van der Waals surface area contributed by atoms with Gasteiger partial charge in [0, 0.05) is 0 Å². The third kappa shape index (κ3) is 3.41. The van der Waals surface area contributed by atoms with Gasteiger partial charge in [0.25, 0.3) is 0 Å². The molecular weight excluding hydrogens is 132 g/mol. The van der Waals surface area contributed by atoms with Crippen molar-refractivity contribution >= 4 is 0 Å². The van der Waals surface area contributed by atoms with Crippen molar-refractivity contribution in [3.63, 3.8) is 0 Å². The second kappa shape index (κ2) is 4.38. The summed E-state index contributed by atoms with van der Waals surface area (Å²) in [6, 6.07) is 0. The van der Waals surface area contributed by atoms with E-state index in [0.717, 1.165) is 0 Å². The Hall–Kier alpha value is -0.520. The third-order valence-electron chi connectivity index (χ3n) is 2.49. The molecule has 0 heteroatoms. The summed E-state index contributed by atoms with van der Waals surface area (Å²) < 4.78 is 0.